The highest BCUT2D eigenvalue weighted by molar-refractivity contribution is 6.33. The average Bonchev–Trinajstić information content (AvgIpc) is 3.05. The maximum atomic E-state index is 13.9. The van der Waals surface area contributed by atoms with Crippen LogP contribution in [0.2, 0.25) is 5.02 Å². The number of carbonyl (C=O) groups excluding carboxylic acids is 2. The molecule has 0 aliphatic carbocycles. The first kappa shape index (κ1) is 24.8. The Morgan fingerprint density at radius 3 is 2.54 bits per heavy atom. The van der Waals surface area contributed by atoms with Crippen LogP contribution in [0.25, 0.3) is 11.1 Å². The molecule has 0 saturated carbocycles. The first-order valence-corrected chi connectivity index (χ1v) is 12.4. The molecule has 37 heavy (non-hydrogen) atoms. The lowest BCUT2D eigenvalue weighted by atomic mass is 10.0. The van der Waals surface area contributed by atoms with Crippen molar-refractivity contribution in [3.8, 4) is 11.1 Å². The van der Waals surface area contributed by atoms with Gasteiger partial charge in [-0.1, -0.05) is 41.9 Å². The van der Waals surface area contributed by atoms with Gasteiger partial charge in [-0.2, -0.15) is 0 Å². The van der Waals surface area contributed by atoms with E-state index in [4.69, 9.17) is 11.6 Å². The molecule has 0 bridgehead atoms. The summed E-state index contributed by atoms with van der Waals surface area (Å²) in [6.45, 7) is 1.17. The van der Waals surface area contributed by atoms with Crippen LogP contribution >= 0.6 is 11.6 Å². The van der Waals surface area contributed by atoms with Crippen LogP contribution in [0.4, 0.5) is 14.9 Å². The molecule has 9 nitrogen and oxygen atoms in total. The quantitative estimate of drug-likeness (QED) is 0.546. The predicted molar refractivity (Wildman–Crippen MR) is 137 cm³/mol. The number of H-pyrrole nitrogens is 1. The second-order valence-corrected chi connectivity index (χ2v) is 9.55. The minimum atomic E-state index is -0.745. The van der Waals surface area contributed by atoms with Crippen LogP contribution in [-0.2, 0) is 17.8 Å². The van der Waals surface area contributed by atoms with E-state index in [2.05, 4.69) is 10.3 Å². The van der Waals surface area contributed by atoms with Gasteiger partial charge in [0.15, 0.2) is 0 Å². The van der Waals surface area contributed by atoms with Crippen LogP contribution in [0, 0.1) is 5.82 Å². The van der Waals surface area contributed by atoms with Crippen molar-refractivity contribution in [1.82, 2.24) is 19.4 Å². The number of fused-ring (bicyclic) bond motifs is 1. The average molecular weight is 526 g/mol. The summed E-state index contributed by atoms with van der Waals surface area (Å²) in [6, 6.07) is 11.6. The first-order valence-electron chi connectivity index (χ1n) is 12.0. The van der Waals surface area contributed by atoms with Crippen LogP contribution in [0.15, 0.2) is 58.3 Å². The highest BCUT2D eigenvalue weighted by atomic mass is 35.5. The zero-order valence-corrected chi connectivity index (χ0v) is 20.6. The van der Waals surface area contributed by atoms with Crippen molar-refractivity contribution >= 4 is 29.2 Å². The zero-order chi connectivity index (χ0) is 26.1. The topological polar surface area (TPSA) is 108 Å². The number of benzene rings is 2. The predicted octanol–water partition coefficient (Wildman–Crippen LogP) is 3.08. The van der Waals surface area contributed by atoms with E-state index < -0.39 is 17.1 Å². The lowest BCUT2D eigenvalue weighted by molar-refractivity contribution is -0.133. The molecule has 2 aromatic carbocycles. The monoisotopic (exact) mass is 525 g/mol. The Hall–Kier alpha value is -3.92. The Balaban J connectivity index is 1.25. The SMILES string of the molecule is O=C(Cn1cc(-c2cccc(F)c2Cl)c(=O)[nH]c1=O)N1CCC(N2CCc3ccccc3NC2=O)CC1. The second kappa shape index (κ2) is 10.2. The lowest BCUT2D eigenvalue weighted by Crippen LogP contribution is -2.50. The van der Waals surface area contributed by atoms with Gasteiger partial charge in [0.1, 0.15) is 12.4 Å². The van der Waals surface area contributed by atoms with Crippen LogP contribution < -0.4 is 16.6 Å². The molecule has 0 radical (unpaired) electrons. The molecular formula is C26H25ClFN5O4. The van der Waals surface area contributed by atoms with Gasteiger partial charge in [0.05, 0.1) is 10.6 Å². The number of carbonyl (C=O) groups is 2. The number of hydrogen-bond donors (Lipinski definition) is 2. The van der Waals surface area contributed by atoms with Gasteiger partial charge in [-0.3, -0.25) is 19.1 Å². The molecule has 0 atom stereocenters. The summed E-state index contributed by atoms with van der Waals surface area (Å²) in [4.78, 5) is 56.3. The lowest BCUT2D eigenvalue weighted by Gasteiger charge is -2.38. The fourth-order valence-electron chi connectivity index (χ4n) is 4.94. The molecule has 5 rings (SSSR count). The Kier molecular flexibility index (Phi) is 6.84. The number of piperidine rings is 1. The number of amides is 3. The summed E-state index contributed by atoms with van der Waals surface area (Å²) >= 11 is 6.02. The number of aromatic amines is 1. The number of hydrogen-bond acceptors (Lipinski definition) is 4. The molecule has 3 aromatic rings. The van der Waals surface area contributed by atoms with E-state index in [1.165, 1.54) is 18.3 Å². The molecule has 3 amide bonds. The third kappa shape index (κ3) is 5.01. The van der Waals surface area contributed by atoms with Crippen LogP contribution in [0.3, 0.4) is 0 Å². The molecule has 3 heterocycles. The van der Waals surface area contributed by atoms with Gasteiger partial charge in [-0.25, -0.2) is 14.0 Å². The fraction of sp³-hybridized carbons (Fsp3) is 0.308. The number of anilines is 1. The van der Waals surface area contributed by atoms with Gasteiger partial charge in [-0.05, 0) is 37.0 Å². The Labute approximate surface area is 216 Å². The van der Waals surface area contributed by atoms with E-state index in [1.54, 1.807) is 4.90 Å². The fourth-order valence-corrected chi connectivity index (χ4v) is 5.17. The van der Waals surface area contributed by atoms with Crippen LogP contribution in [0.1, 0.15) is 18.4 Å². The summed E-state index contributed by atoms with van der Waals surface area (Å²) in [5, 5.41) is 2.74. The van der Waals surface area contributed by atoms with E-state index in [0.29, 0.717) is 32.5 Å². The number of nitrogens with zero attached hydrogens (tertiary/aromatic N) is 3. The molecular weight excluding hydrogens is 501 g/mol. The molecule has 1 aromatic heterocycles. The van der Waals surface area contributed by atoms with Crippen molar-refractivity contribution in [3.63, 3.8) is 0 Å². The van der Waals surface area contributed by atoms with Gasteiger partial charge in [0, 0.05) is 43.1 Å². The van der Waals surface area contributed by atoms with Gasteiger partial charge >= 0.3 is 11.7 Å². The Bertz CT molecular complexity index is 1480. The number of urea groups is 1. The van der Waals surface area contributed by atoms with Crippen molar-refractivity contribution in [2.24, 2.45) is 0 Å². The molecule has 192 valence electrons. The molecule has 2 aliphatic rings. The van der Waals surface area contributed by atoms with Crippen molar-refractivity contribution < 1.29 is 14.0 Å². The molecule has 1 fully saturated rings. The first-order chi connectivity index (χ1) is 17.8. The van der Waals surface area contributed by atoms with Crippen LogP contribution in [-0.4, -0.2) is 57.0 Å². The maximum absolute atomic E-state index is 13.9. The van der Waals surface area contributed by atoms with Gasteiger partial charge in [-0.15, -0.1) is 0 Å². The minimum Gasteiger partial charge on any atom is -0.341 e. The van der Waals surface area contributed by atoms with Crippen LogP contribution in [0.5, 0.6) is 0 Å². The molecule has 2 N–H and O–H groups in total. The zero-order valence-electron chi connectivity index (χ0n) is 19.9. The highest BCUT2D eigenvalue weighted by Crippen LogP contribution is 2.28. The number of halogens is 2. The van der Waals surface area contributed by atoms with Crippen molar-refractivity contribution in [3.05, 3.63) is 85.9 Å². The van der Waals surface area contributed by atoms with Crippen molar-refractivity contribution in [2.45, 2.75) is 31.8 Å². The number of para-hydroxylation sites is 1. The number of nitrogens with one attached hydrogen (secondary N) is 2. The van der Waals surface area contributed by atoms with E-state index >= 15 is 0 Å². The summed E-state index contributed by atoms with van der Waals surface area (Å²) in [7, 11) is 0. The Morgan fingerprint density at radius 1 is 1.00 bits per heavy atom. The second-order valence-electron chi connectivity index (χ2n) is 9.17. The number of aromatic nitrogens is 2. The third-order valence-electron chi connectivity index (χ3n) is 6.96. The smallest absolute Gasteiger partial charge is 0.328 e. The third-order valence-corrected chi connectivity index (χ3v) is 7.34. The number of rotatable bonds is 4. The van der Waals surface area contributed by atoms with Crippen molar-refractivity contribution in [2.75, 3.05) is 25.0 Å². The molecule has 1 saturated heterocycles. The molecule has 11 heteroatoms. The van der Waals surface area contributed by atoms with E-state index in [9.17, 15) is 23.6 Å². The number of likely N-dealkylation sites (tertiary alicyclic amines) is 1. The van der Waals surface area contributed by atoms with Gasteiger partial charge < -0.3 is 15.1 Å². The molecule has 2 aliphatic heterocycles. The standard InChI is InChI=1S/C26H25ClFN5O4/c27-23-18(5-3-6-20(23)28)19-14-32(25(36)30-24(19)35)15-22(34)31-11-9-17(10-12-31)33-13-8-16-4-1-2-7-21(16)29-26(33)37/h1-7,14,17H,8-13,15H2,(H,29,37)(H,30,35,36). The largest absolute Gasteiger partial charge is 0.341 e. The van der Waals surface area contributed by atoms with E-state index in [-0.39, 0.29) is 40.7 Å². The summed E-state index contributed by atoms with van der Waals surface area (Å²) in [5.74, 6) is -0.992. The normalized spacial score (nSPS) is 16.2. The van der Waals surface area contributed by atoms with E-state index in [0.717, 1.165) is 28.3 Å². The highest BCUT2D eigenvalue weighted by Gasteiger charge is 2.31. The minimum absolute atomic E-state index is 0.00381. The molecule has 0 spiro atoms. The molecule has 0 unspecified atom stereocenters. The van der Waals surface area contributed by atoms with E-state index in [1.807, 2.05) is 29.2 Å². The summed E-state index contributed by atoms with van der Waals surface area (Å²) < 4.78 is 15.0. The summed E-state index contributed by atoms with van der Waals surface area (Å²) in [5.41, 5.74) is 0.570. The maximum Gasteiger partial charge on any atom is 0.328 e. The summed E-state index contributed by atoms with van der Waals surface area (Å²) in [6.07, 6.45) is 3.20. The van der Waals surface area contributed by atoms with Gasteiger partial charge in [0.2, 0.25) is 5.91 Å². The van der Waals surface area contributed by atoms with Crippen molar-refractivity contribution in [1.29, 1.82) is 0 Å². The Morgan fingerprint density at radius 2 is 1.76 bits per heavy atom. The van der Waals surface area contributed by atoms with Gasteiger partial charge in [0.25, 0.3) is 5.56 Å².